The van der Waals surface area contributed by atoms with Crippen LogP contribution in [0.1, 0.15) is 30.9 Å². The van der Waals surface area contributed by atoms with Gasteiger partial charge in [-0.15, -0.1) is 0 Å². The lowest BCUT2D eigenvalue weighted by Gasteiger charge is -2.07. The van der Waals surface area contributed by atoms with Gasteiger partial charge in [0.1, 0.15) is 11.7 Å². The van der Waals surface area contributed by atoms with Gasteiger partial charge in [0.2, 0.25) is 0 Å². The number of ether oxygens (including phenoxy) is 1. The Morgan fingerprint density at radius 3 is 2.36 bits per heavy atom. The number of halogens is 1. The average Bonchev–Trinajstić information content (AvgIpc) is 2.21. The van der Waals surface area contributed by atoms with Crippen molar-refractivity contribution in [2.45, 2.75) is 26.7 Å². The topological polar surface area (TPSA) is 9.23 Å². The summed E-state index contributed by atoms with van der Waals surface area (Å²) < 4.78 is 17.8. The number of rotatable bonds is 2. The van der Waals surface area contributed by atoms with Crippen molar-refractivity contribution in [1.82, 2.24) is 0 Å². The lowest BCUT2D eigenvalue weighted by Crippen LogP contribution is -1.89. The van der Waals surface area contributed by atoms with Crippen molar-refractivity contribution in [3.05, 3.63) is 29.3 Å². The van der Waals surface area contributed by atoms with Crippen LogP contribution in [0.2, 0.25) is 0 Å². The van der Waals surface area contributed by atoms with E-state index >= 15 is 0 Å². The predicted molar refractivity (Wildman–Crippen MR) is 62.6 cm³/mol. The smallest absolute Gasteiger partial charge is 0.138 e. The summed E-state index contributed by atoms with van der Waals surface area (Å²) in [6.45, 7) is 5.93. The van der Waals surface area contributed by atoms with Crippen molar-refractivity contribution in [2.24, 2.45) is 0 Å². The molecule has 0 spiro atoms. The van der Waals surface area contributed by atoms with Gasteiger partial charge in [0, 0.05) is 0 Å². The van der Waals surface area contributed by atoms with Crippen LogP contribution in [0.3, 0.4) is 0 Å². The molecule has 2 atom stereocenters. The first-order valence-electron chi connectivity index (χ1n) is 4.69. The highest BCUT2D eigenvalue weighted by Crippen LogP contribution is 2.28. The molecule has 1 rings (SSSR count). The van der Waals surface area contributed by atoms with Gasteiger partial charge in [-0.25, -0.2) is 4.39 Å². The van der Waals surface area contributed by atoms with Crippen LogP contribution >= 0.6 is 9.24 Å². The van der Waals surface area contributed by atoms with Crippen LogP contribution in [0.15, 0.2) is 18.2 Å². The Morgan fingerprint density at radius 1 is 1.36 bits per heavy atom. The first-order chi connectivity index (χ1) is 6.65. The highest BCUT2D eigenvalue weighted by Gasteiger charge is 2.05. The van der Waals surface area contributed by atoms with E-state index < -0.39 is 5.91 Å². The minimum atomic E-state index is -1.01. The van der Waals surface area contributed by atoms with Crippen molar-refractivity contribution in [1.29, 1.82) is 0 Å². The summed E-state index contributed by atoms with van der Waals surface area (Å²) in [7, 11) is 3.69. The maximum atomic E-state index is 12.8. The molecule has 0 aromatic heterocycles. The fourth-order valence-corrected chi connectivity index (χ4v) is 1.22. The predicted octanol–water partition coefficient (Wildman–Crippen LogP) is 3.87. The molecule has 0 bridgehead atoms. The van der Waals surface area contributed by atoms with E-state index in [1.807, 2.05) is 26.8 Å². The highest BCUT2D eigenvalue weighted by atomic mass is 31.0. The maximum absolute atomic E-state index is 12.8. The van der Waals surface area contributed by atoms with Gasteiger partial charge in [-0.2, -0.15) is 0 Å². The van der Waals surface area contributed by atoms with Crippen LogP contribution < -0.4 is 4.74 Å². The molecule has 1 aromatic carbocycles. The Balaban J connectivity index is 0.000000791. The normalized spacial score (nSPS) is 11.3. The second-order valence-corrected chi connectivity index (χ2v) is 3.22. The molecule has 0 saturated heterocycles. The van der Waals surface area contributed by atoms with Crippen LogP contribution in [-0.4, -0.2) is 7.11 Å². The molecule has 0 N–H and O–H groups in total. The quantitative estimate of drug-likeness (QED) is 0.682. The van der Waals surface area contributed by atoms with Crippen molar-refractivity contribution >= 4 is 9.24 Å². The summed E-state index contributed by atoms with van der Waals surface area (Å²) in [5, 5.41) is 0. The molecule has 80 valence electrons. The van der Waals surface area contributed by atoms with Crippen molar-refractivity contribution in [2.75, 3.05) is 7.11 Å². The fourth-order valence-electron chi connectivity index (χ4n) is 1.01. The van der Waals surface area contributed by atoms with Crippen LogP contribution in [-0.2, 0) is 0 Å². The van der Waals surface area contributed by atoms with Gasteiger partial charge < -0.3 is 4.74 Å². The Labute approximate surface area is 87.9 Å². The molecule has 0 saturated carbocycles. The molecule has 1 nitrogen and oxygen atoms in total. The first-order valence-corrected chi connectivity index (χ1v) is 5.36. The zero-order valence-corrected chi connectivity index (χ0v) is 10.3. The highest BCUT2D eigenvalue weighted by molar-refractivity contribution is 7.16. The summed E-state index contributed by atoms with van der Waals surface area (Å²) in [4.78, 5) is 0. The van der Waals surface area contributed by atoms with E-state index in [0.717, 1.165) is 11.3 Å². The summed E-state index contributed by atoms with van der Waals surface area (Å²) >= 11 is 0. The Hall–Kier alpha value is -0.620. The average molecular weight is 216 g/mol. The number of aryl methyl sites for hydroxylation is 1. The molecular weight excluding hydrogens is 198 g/mol. The van der Waals surface area contributed by atoms with E-state index in [4.69, 9.17) is 4.74 Å². The van der Waals surface area contributed by atoms with Gasteiger partial charge in [-0.3, -0.25) is 0 Å². The number of benzene rings is 1. The van der Waals surface area contributed by atoms with Gasteiger partial charge in [-0.05, 0) is 24.1 Å². The molecule has 3 heteroatoms. The van der Waals surface area contributed by atoms with Crippen LogP contribution in [0.5, 0.6) is 5.75 Å². The van der Waals surface area contributed by atoms with Crippen molar-refractivity contribution in [3.63, 3.8) is 0 Å². The van der Waals surface area contributed by atoms with Crippen LogP contribution in [0.25, 0.3) is 0 Å². The van der Waals surface area contributed by atoms with Crippen molar-refractivity contribution in [3.8, 4) is 5.75 Å². The molecule has 0 aliphatic heterocycles. The largest absolute Gasteiger partial charge is 0.496 e. The third-order valence-corrected chi connectivity index (χ3v) is 2.14. The Kier molecular flexibility index (Phi) is 6.48. The number of alkyl halides is 1. The minimum absolute atomic E-state index is 0.627. The van der Waals surface area contributed by atoms with Crippen LogP contribution in [0.4, 0.5) is 4.39 Å². The van der Waals surface area contributed by atoms with E-state index in [2.05, 4.69) is 9.24 Å². The summed E-state index contributed by atoms with van der Waals surface area (Å²) in [6.07, 6.45) is 0. The number of hydrogen-bond donors (Lipinski definition) is 0. The summed E-state index contributed by atoms with van der Waals surface area (Å²) in [5.74, 6) is -0.280. The molecule has 0 aliphatic carbocycles. The summed E-state index contributed by atoms with van der Waals surface area (Å²) in [5.41, 5.74) is 1.65. The monoisotopic (exact) mass is 216 g/mol. The molecule has 14 heavy (non-hydrogen) atoms. The lowest BCUT2D eigenvalue weighted by molar-refractivity contribution is 0.408. The third-order valence-electron chi connectivity index (χ3n) is 1.75. The van der Waals surface area contributed by atoms with Gasteiger partial charge in [0.05, 0.1) is 7.11 Å². The molecule has 0 amide bonds. The number of hydrogen-bond acceptors (Lipinski definition) is 1. The van der Waals surface area contributed by atoms with E-state index in [0.29, 0.717) is 5.56 Å². The van der Waals surface area contributed by atoms with Crippen LogP contribution in [0, 0.1) is 6.92 Å². The SMILES string of the molecule is CC.COc1cc(C(F)P)ccc1C. The minimum Gasteiger partial charge on any atom is -0.496 e. The Morgan fingerprint density at radius 2 is 1.93 bits per heavy atom. The lowest BCUT2D eigenvalue weighted by atomic mass is 10.1. The zero-order chi connectivity index (χ0) is 11.1. The van der Waals surface area contributed by atoms with Crippen molar-refractivity contribution < 1.29 is 9.13 Å². The maximum Gasteiger partial charge on any atom is 0.138 e. The second-order valence-electron chi connectivity index (χ2n) is 2.63. The molecule has 2 unspecified atom stereocenters. The van der Waals surface area contributed by atoms with E-state index in [-0.39, 0.29) is 0 Å². The first kappa shape index (κ1) is 13.4. The number of methoxy groups -OCH3 is 1. The molecular formula is C11H18FOP. The molecule has 0 radical (unpaired) electrons. The third kappa shape index (κ3) is 3.63. The van der Waals surface area contributed by atoms with Gasteiger partial charge in [-0.1, -0.05) is 35.2 Å². The summed E-state index contributed by atoms with van der Waals surface area (Å²) in [6, 6.07) is 5.33. The van der Waals surface area contributed by atoms with Gasteiger partial charge in [0.25, 0.3) is 0 Å². The standard InChI is InChI=1S/C9H12FOP.C2H6/c1-6-3-4-7(9(10)12)5-8(6)11-2;1-2/h3-5,9H,12H2,1-2H3;1-2H3. The fraction of sp³-hybridized carbons (Fsp3) is 0.455. The van der Waals surface area contributed by atoms with E-state index in [1.165, 1.54) is 0 Å². The Bertz CT molecular complexity index is 274. The van der Waals surface area contributed by atoms with E-state index in [1.54, 1.807) is 19.2 Å². The van der Waals surface area contributed by atoms with Gasteiger partial charge >= 0.3 is 0 Å². The molecule has 0 fully saturated rings. The van der Waals surface area contributed by atoms with E-state index in [9.17, 15) is 4.39 Å². The van der Waals surface area contributed by atoms with Gasteiger partial charge in [0.15, 0.2) is 0 Å². The molecule has 0 heterocycles. The molecule has 1 aromatic rings. The second kappa shape index (κ2) is 6.78. The molecule has 0 aliphatic rings. The zero-order valence-electron chi connectivity index (χ0n) is 9.17.